The fraction of sp³-hybridized carbons (Fsp3) is 0.219. The average Bonchev–Trinajstić information content (AvgIpc) is 4.00. The van der Waals surface area contributed by atoms with Gasteiger partial charge in [-0.1, -0.05) is 139 Å². The monoisotopic (exact) mass is 910 g/mol. The van der Waals surface area contributed by atoms with Crippen LogP contribution in [0.3, 0.4) is 0 Å². The van der Waals surface area contributed by atoms with E-state index in [2.05, 4.69) is 204 Å². The minimum absolute atomic E-state index is 0.0634. The third-order valence-electron chi connectivity index (χ3n) is 16.5. The zero-order valence-corrected chi connectivity index (χ0v) is 41.5. The SMILES string of the molecule is CC(C)(C)c1ccc(Nc2cc3oc4cc5c(cc4c3cc2-c2ccc3c4cc6c(cc4n4c3c2Bc2cc3c(cc2-4)C=C(c2ccccc2)CC3)sc2ccccc26)C(C)(C)CCC5(C)C)cc1. The van der Waals surface area contributed by atoms with Gasteiger partial charge < -0.3 is 14.3 Å². The van der Waals surface area contributed by atoms with Crippen LogP contribution in [0.4, 0.5) is 11.4 Å². The standard InChI is InChI=1S/C64H55BN2OS/c1-62(2,3)40-19-21-41(22-20-40)66-53-34-57-47(48-32-50-51(33-56(48)68-57)64(6,7)26-25-63(50,4)5)30-45(53)43-23-24-44-46-31-49-42-15-11-12-16-58(42)69-59(49)35-54(46)67-55-29-39-27-37(36-13-9-8-10-14-36)17-18-38(39)28-52(55)65-60(43)61(44)67/h8-16,19-24,27-35,65-66H,17-18,25-26H2,1-7H3. The highest BCUT2D eigenvalue weighted by molar-refractivity contribution is 7.25. The Morgan fingerprint density at radius 2 is 1.36 bits per heavy atom. The van der Waals surface area contributed by atoms with Gasteiger partial charge in [0.25, 0.3) is 0 Å². The highest BCUT2D eigenvalue weighted by atomic mass is 32.1. The molecule has 2 aliphatic carbocycles. The van der Waals surface area contributed by atoms with Gasteiger partial charge >= 0.3 is 0 Å². The van der Waals surface area contributed by atoms with E-state index in [0.29, 0.717) is 0 Å². The lowest BCUT2D eigenvalue weighted by molar-refractivity contribution is 0.332. The Morgan fingerprint density at radius 1 is 0.623 bits per heavy atom. The Bertz CT molecular complexity index is 4040. The molecule has 8 aromatic carbocycles. The molecule has 0 radical (unpaired) electrons. The van der Waals surface area contributed by atoms with Gasteiger partial charge in [0.1, 0.15) is 11.2 Å². The molecule has 3 nitrogen and oxygen atoms in total. The fourth-order valence-electron chi connectivity index (χ4n) is 12.5. The first-order valence-electron chi connectivity index (χ1n) is 25.0. The van der Waals surface area contributed by atoms with Crippen molar-refractivity contribution < 1.29 is 4.42 Å². The number of furan rings is 1. The minimum atomic E-state index is 0.0634. The van der Waals surface area contributed by atoms with E-state index in [1.807, 2.05) is 11.3 Å². The van der Waals surface area contributed by atoms with Gasteiger partial charge in [-0.05, 0) is 147 Å². The lowest BCUT2D eigenvalue weighted by Gasteiger charge is -2.41. The van der Waals surface area contributed by atoms with Crippen molar-refractivity contribution in [3.8, 4) is 16.8 Å². The van der Waals surface area contributed by atoms with E-state index in [1.165, 1.54) is 132 Å². The first-order chi connectivity index (χ1) is 33.3. The fourth-order valence-corrected chi connectivity index (χ4v) is 13.6. The van der Waals surface area contributed by atoms with Crippen LogP contribution in [0.2, 0.25) is 0 Å². The second-order valence-electron chi connectivity index (χ2n) is 22.8. The van der Waals surface area contributed by atoms with Gasteiger partial charge in [-0.2, -0.15) is 0 Å². The molecule has 3 aromatic heterocycles. The molecule has 1 N–H and O–H groups in total. The zero-order chi connectivity index (χ0) is 46.7. The Kier molecular flexibility index (Phi) is 8.58. The Labute approximate surface area is 408 Å². The molecule has 1 aliphatic heterocycles. The van der Waals surface area contributed by atoms with Crippen molar-refractivity contribution in [3.05, 3.63) is 173 Å². The highest BCUT2D eigenvalue weighted by Gasteiger charge is 2.38. The van der Waals surface area contributed by atoms with Gasteiger partial charge in [-0.3, -0.25) is 0 Å². The number of rotatable bonds is 4. The van der Waals surface area contributed by atoms with Gasteiger partial charge in [0, 0.05) is 70.2 Å². The minimum Gasteiger partial charge on any atom is -0.456 e. The number of hydrogen-bond acceptors (Lipinski definition) is 3. The first-order valence-corrected chi connectivity index (χ1v) is 25.8. The van der Waals surface area contributed by atoms with E-state index in [-0.39, 0.29) is 16.2 Å². The van der Waals surface area contributed by atoms with E-state index in [1.54, 1.807) is 0 Å². The molecule has 0 unspecified atom stereocenters. The first kappa shape index (κ1) is 41.2. The van der Waals surface area contributed by atoms with Crippen LogP contribution in [0.1, 0.15) is 101 Å². The van der Waals surface area contributed by atoms with Gasteiger partial charge in [-0.25, -0.2) is 0 Å². The Balaban J connectivity index is 1.04. The molecule has 3 aliphatic rings. The summed E-state index contributed by atoms with van der Waals surface area (Å²) in [5.74, 6) is 0. The van der Waals surface area contributed by atoms with Crippen molar-refractivity contribution in [2.45, 2.75) is 90.4 Å². The summed E-state index contributed by atoms with van der Waals surface area (Å²) in [5.41, 5.74) is 23.1. The molecule has 0 spiro atoms. The molecule has 336 valence electrons. The maximum absolute atomic E-state index is 6.96. The number of hydrogen-bond donors (Lipinski definition) is 1. The summed E-state index contributed by atoms with van der Waals surface area (Å²) >= 11 is 1.91. The van der Waals surface area contributed by atoms with Crippen molar-refractivity contribution >= 4 is 116 Å². The molecule has 5 heteroatoms. The van der Waals surface area contributed by atoms with Crippen molar-refractivity contribution in [3.63, 3.8) is 0 Å². The van der Waals surface area contributed by atoms with Gasteiger partial charge in [0.2, 0.25) is 0 Å². The molecule has 0 saturated carbocycles. The van der Waals surface area contributed by atoms with Crippen molar-refractivity contribution in [2.24, 2.45) is 0 Å². The molecule has 0 bridgehead atoms. The summed E-state index contributed by atoms with van der Waals surface area (Å²) in [6.07, 6.45) is 6.87. The zero-order valence-electron chi connectivity index (χ0n) is 40.7. The summed E-state index contributed by atoms with van der Waals surface area (Å²) in [7, 11) is 0.846. The predicted molar refractivity (Wildman–Crippen MR) is 299 cm³/mol. The largest absolute Gasteiger partial charge is 0.456 e. The number of thiophene rings is 1. The summed E-state index contributed by atoms with van der Waals surface area (Å²) in [6.45, 7) is 16.5. The average molecular weight is 911 g/mol. The van der Waals surface area contributed by atoms with Crippen LogP contribution in [0, 0.1) is 0 Å². The molecular formula is C64H55BN2OS. The summed E-state index contributed by atoms with van der Waals surface area (Å²) < 4.78 is 12.3. The molecular weight excluding hydrogens is 856 g/mol. The van der Waals surface area contributed by atoms with E-state index in [0.717, 1.165) is 42.7 Å². The summed E-state index contributed by atoms with van der Waals surface area (Å²) in [4.78, 5) is 0. The maximum atomic E-state index is 6.96. The van der Waals surface area contributed by atoms with Gasteiger partial charge in [0.05, 0.1) is 11.2 Å². The molecule has 0 atom stereocenters. The molecule has 11 aromatic rings. The summed E-state index contributed by atoms with van der Waals surface area (Å²) in [6, 6.07) is 53.4. The molecule has 69 heavy (non-hydrogen) atoms. The smallest absolute Gasteiger partial charge is 0.198 e. The number of aryl methyl sites for hydroxylation is 1. The molecule has 14 rings (SSSR count). The molecule has 0 amide bonds. The third kappa shape index (κ3) is 6.25. The van der Waals surface area contributed by atoms with Crippen LogP contribution in [-0.4, -0.2) is 11.8 Å². The van der Waals surface area contributed by atoms with E-state index in [4.69, 9.17) is 4.42 Å². The van der Waals surface area contributed by atoms with Crippen molar-refractivity contribution in [1.29, 1.82) is 0 Å². The Hall–Kier alpha value is -6.82. The van der Waals surface area contributed by atoms with Crippen LogP contribution in [0.5, 0.6) is 0 Å². The molecule has 0 saturated heterocycles. The van der Waals surface area contributed by atoms with Gasteiger partial charge in [0.15, 0.2) is 7.28 Å². The van der Waals surface area contributed by atoms with Crippen molar-refractivity contribution in [1.82, 2.24) is 4.57 Å². The number of allylic oxidation sites excluding steroid dienone is 1. The predicted octanol–water partition coefficient (Wildman–Crippen LogP) is 16.3. The Morgan fingerprint density at radius 3 is 2.16 bits per heavy atom. The van der Waals surface area contributed by atoms with Gasteiger partial charge in [-0.15, -0.1) is 11.3 Å². The van der Waals surface area contributed by atoms with Crippen LogP contribution >= 0.6 is 11.3 Å². The van der Waals surface area contributed by atoms with Crippen molar-refractivity contribution in [2.75, 3.05) is 5.32 Å². The summed E-state index contributed by atoms with van der Waals surface area (Å²) in [5, 5.41) is 11.6. The van der Waals surface area contributed by atoms with E-state index < -0.39 is 0 Å². The highest BCUT2D eigenvalue weighted by Crippen LogP contribution is 2.50. The topological polar surface area (TPSA) is 30.1 Å². The molecule has 0 fully saturated rings. The number of nitrogens with one attached hydrogen (secondary N) is 1. The number of nitrogens with zero attached hydrogens (tertiary/aromatic N) is 1. The lowest BCUT2D eigenvalue weighted by Crippen LogP contribution is -2.38. The third-order valence-corrected chi connectivity index (χ3v) is 17.7. The maximum Gasteiger partial charge on any atom is 0.198 e. The van der Waals surface area contributed by atoms with Crippen LogP contribution < -0.4 is 16.2 Å². The van der Waals surface area contributed by atoms with E-state index >= 15 is 0 Å². The number of benzene rings is 8. The second kappa shape index (κ2) is 14.4. The van der Waals surface area contributed by atoms with Crippen LogP contribution in [-0.2, 0) is 22.7 Å². The second-order valence-corrected chi connectivity index (χ2v) is 23.9. The van der Waals surface area contributed by atoms with Crippen LogP contribution in [0.25, 0.3) is 92.4 Å². The van der Waals surface area contributed by atoms with E-state index in [9.17, 15) is 0 Å². The quantitative estimate of drug-likeness (QED) is 0.178. The number of fused-ring (bicyclic) bond motifs is 13. The molecule has 4 heterocycles. The number of anilines is 2. The normalized spacial score (nSPS) is 16.0. The van der Waals surface area contributed by atoms with Crippen LogP contribution in [0.15, 0.2) is 144 Å². The number of aromatic nitrogens is 1. The lowest BCUT2D eigenvalue weighted by atomic mass is 9.58.